The van der Waals surface area contributed by atoms with Crippen LogP contribution in [0.2, 0.25) is 0 Å². The smallest absolute Gasteiger partial charge is 0.253 e. The molecule has 3 saturated heterocycles. The van der Waals surface area contributed by atoms with Gasteiger partial charge in [0.05, 0.1) is 11.1 Å². The van der Waals surface area contributed by atoms with Gasteiger partial charge in [-0.25, -0.2) is 0 Å². The van der Waals surface area contributed by atoms with Gasteiger partial charge in [0.2, 0.25) is 0 Å². The van der Waals surface area contributed by atoms with Crippen molar-refractivity contribution in [2.24, 2.45) is 5.92 Å². The number of fused-ring (bicyclic) bond motifs is 6. The Kier molecular flexibility index (Phi) is 3.13. The summed E-state index contributed by atoms with van der Waals surface area (Å²) in [6, 6.07) is 14.8. The maximum Gasteiger partial charge on any atom is 0.253 e. The summed E-state index contributed by atoms with van der Waals surface area (Å²) in [6.07, 6.45) is 4.40. The van der Waals surface area contributed by atoms with Crippen molar-refractivity contribution in [1.82, 2.24) is 14.6 Å². The Morgan fingerprint density at radius 1 is 1.08 bits per heavy atom. The monoisotopic (exact) mass is 319 g/mol. The minimum absolute atomic E-state index is 0.0570. The van der Waals surface area contributed by atoms with Gasteiger partial charge in [0, 0.05) is 24.3 Å². The Labute approximate surface area is 141 Å². The molecule has 3 aliphatic rings. The van der Waals surface area contributed by atoms with Gasteiger partial charge in [0.15, 0.2) is 0 Å². The lowest BCUT2D eigenvalue weighted by atomic mass is 9.84. The summed E-state index contributed by atoms with van der Waals surface area (Å²) in [7, 11) is 0. The molecule has 0 radical (unpaired) electrons. The normalized spacial score (nSPS) is 26.1. The number of amides is 1. The molecule has 5 heterocycles. The molecule has 1 amide bonds. The van der Waals surface area contributed by atoms with Crippen molar-refractivity contribution in [2.75, 3.05) is 19.6 Å². The minimum Gasteiger partial charge on any atom is -0.348 e. The first-order valence-corrected chi connectivity index (χ1v) is 8.81. The van der Waals surface area contributed by atoms with E-state index in [0.717, 1.165) is 23.1 Å². The minimum atomic E-state index is 0.0570. The first-order valence-electron chi connectivity index (χ1n) is 8.81. The Bertz CT molecular complexity index is 921. The predicted octanol–water partition coefficient (Wildman–Crippen LogP) is 2.92. The molecule has 2 bridgehead atoms. The van der Waals surface area contributed by atoms with Crippen LogP contribution in [-0.2, 0) is 0 Å². The number of para-hydroxylation sites is 1. The Hall–Kier alpha value is -2.33. The second-order valence-corrected chi connectivity index (χ2v) is 7.13. The van der Waals surface area contributed by atoms with Gasteiger partial charge in [-0.3, -0.25) is 4.79 Å². The molecule has 2 aromatic heterocycles. The highest BCUT2D eigenvalue weighted by molar-refractivity contribution is 5.97. The molecule has 0 saturated carbocycles. The number of nitrogens with one attached hydrogen (secondary N) is 1. The van der Waals surface area contributed by atoms with Crippen LogP contribution in [0.15, 0.2) is 48.7 Å². The van der Waals surface area contributed by atoms with Crippen molar-refractivity contribution < 1.29 is 4.79 Å². The Balaban J connectivity index is 1.46. The van der Waals surface area contributed by atoms with Crippen LogP contribution in [0.5, 0.6) is 0 Å². The van der Waals surface area contributed by atoms with E-state index in [0.29, 0.717) is 12.0 Å². The first-order chi connectivity index (χ1) is 11.8. The van der Waals surface area contributed by atoms with Gasteiger partial charge < -0.3 is 14.6 Å². The van der Waals surface area contributed by atoms with Gasteiger partial charge in [-0.05, 0) is 55.4 Å². The van der Waals surface area contributed by atoms with E-state index < -0.39 is 0 Å². The van der Waals surface area contributed by atoms with Crippen LogP contribution in [0.3, 0.4) is 0 Å². The van der Waals surface area contributed by atoms with Crippen molar-refractivity contribution in [2.45, 2.75) is 18.9 Å². The molecule has 24 heavy (non-hydrogen) atoms. The number of carbonyl (C=O) groups excluding carboxylic acids is 1. The molecule has 1 unspecified atom stereocenters. The Morgan fingerprint density at radius 3 is 2.71 bits per heavy atom. The second kappa shape index (κ2) is 5.35. The molecule has 1 aromatic carbocycles. The van der Waals surface area contributed by atoms with Gasteiger partial charge in [0.1, 0.15) is 0 Å². The van der Waals surface area contributed by atoms with E-state index in [1.807, 2.05) is 24.4 Å². The zero-order valence-corrected chi connectivity index (χ0v) is 13.6. The molecule has 4 nitrogen and oxygen atoms in total. The summed E-state index contributed by atoms with van der Waals surface area (Å²) < 4.78 is 2.11. The van der Waals surface area contributed by atoms with Gasteiger partial charge >= 0.3 is 0 Å². The molecule has 1 N–H and O–H groups in total. The molecule has 6 rings (SSSR count). The van der Waals surface area contributed by atoms with Crippen LogP contribution in [0.4, 0.5) is 0 Å². The van der Waals surface area contributed by atoms with Crippen molar-refractivity contribution in [3.05, 3.63) is 54.2 Å². The third kappa shape index (κ3) is 2.21. The fraction of sp³-hybridized carbons (Fsp3) is 0.350. The molecule has 3 fully saturated rings. The van der Waals surface area contributed by atoms with E-state index in [9.17, 15) is 4.79 Å². The van der Waals surface area contributed by atoms with Crippen LogP contribution >= 0.6 is 0 Å². The molecule has 1 atom stereocenters. The number of hydrogen-bond donors (Lipinski definition) is 1. The largest absolute Gasteiger partial charge is 0.348 e. The van der Waals surface area contributed by atoms with Crippen LogP contribution in [0.1, 0.15) is 23.2 Å². The van der Waals surface area contributed by atoms with E-state index in [-0.39, 0.29) is 5.91 Å². The molecule has 3 aromatic rings. The summed E-state index contributed by atoms with van der Waals surface area (Å²) in [5.41, 5.74) is 2.95. The van der Waals surface area contributed by atoms with E-state index in [2.05, 4.69) is 38.9 Å². The fourth-order valence-electron chi connectivity index (χ4n) is 4.34. The van der Waals surface area contributed by atoms with E-state index in [1.54, 1.807) is 0 Å². The number of benzene rings is 1. The van der Waals surface area contributed by atoms with Crippen molar-refractivity contribution in [3.8, 4) is 0 Å². The van der Waals surface area contributed by atoms with Crippen molar-refractivity contribution in [1.29, 1.82) is 0 Å². The first kappa shape index (κ1) is 14.1. The third-order valence-electron chi connectivity index (χ3n) is 5.71. The average Bonchev–Trinajstić information content (AvgIpc) is 3.08. The van der Waals surface area contributed by atoms with Crippen molar-refractivity contribution in [3.63, 3.8) is 0 Å². The van der Waals surface area contributed by atoms with Gasteiger partial charge in [-0.15, -0.1) is 0 Å². The lowest BCUT2D eigenvalue weighted by Crippen LogP contribution is -2.57. The second-order valence-electron chi connectivity index (χ2n) is 7.13. The average molecular weight is 319 g/mol. The lowest BCUT2D eigenvalue weighted by molar-refractivity contribution is 0.0620. The molecule has 122 valence electrons. The zero-order valence-electron chi connectivity index (χ0n) is 13.6. The van der Waals surface area contributed by atoms with E-state index >= 15 is 0 Å². The maximum atomic E-state index is 12.8. The maximum absolute atomic E-state index is 12.8. The fourth-order valence-corrected chi connectivity index (χ4v) is 4.34. The van der Waals surface area contributed by atoms with Crippen LogP contribution in [0.25, 0.3) is 16.4 Å². The molecular weight excluding hydrogens is 298 g/mol. The van der Waals surface area contributed by atoms with Gasteiger partial charge in [-0.1, -0.05) is 24.3 Å². The van der Waals surface area contributed by atoms with Gasteiger partial charge in [-0.2, -0.15) is 0 Å². The predicted molar refractivity (Wildman–Crippen MR) is 95.3 cm³/mol. The molecule has 4 heteroatoms. The Morgan fingerprint density at radius 2 is 1.92 bits per heavy atom. The molecular formula is C20H21N3O. The number of hydrogen-bond acceptors (Lipinski definition) is 2. The summed E-state index contributed by atoms with van der Waals surface area (Å²) in [6.45, 7) is 3.39. The number of piperidine rings is 3. The highest BCUT2D eigenvalue weighted by Crippen LogP contribution is 2.28. The van der Waals surface area contributed by atoms with E-state index in [4.69, 9.17) is 0 Å². The molecule has 3 aliphatic heterocycles. The number of pyridine rings is 1. The summed E-state index contributed by atoms with van der Waals surface area (Å²) >= 11 is 0. The lowest BCUT2D eigenvalue weighted by Gasteiger charge is -2.44. The summed E-state index contributed by atoms with van der Waals surface area (Å²) in [4.78, 5) is 15.2. The van der Waals surface area contributed by atoms with Crippen LogP contribution in [0, 0.1) is 5.92 Å². The topological polar surface area (TPSA) is 36.8 Å². The van der Waals surface area contributed by atoms with Crippen LogP contribution in [-0.4, -0.2) is 40.9 Å². The quantitative estimate of drug-likeness (QED) is 0.788. The van der Waals surface area contributed by atoms with E-state index in [1.165, 1.54) is 31.3 Å². The number of aromatic nitrogens is 1. The number of carbonyl (C=O) groups is 1. The van der Waals surface area contributed by atoms with Gasteiger partial charge in [0.25, 0.3) is 5.91 Å². The molecule has 0 spiro atoms. The summed E-state index contributed by atoms with van der Waals surface area (Å²) in [5.74, 6) is 0.707. The van der Waals surface area contributed by atoms with Crippen molar-refractivity contribution >= 4 is 22.3 Å². The van der Waals surface area contributed by atoms with Crippen LogP contribution < -0.4 is 5.32 Å². The number of rotatable bonds is 2. The highest BCUT2D eigenvalue weighted by atomic mass is 16.1. The molecule has 0 aliphatic carbocycles. The standard InChI is InChI=1S/C20H21N3O/c24-20(21-18-13-22-9-7-14(18)8-10-22)16-11-17-6-5-15-3-1-2-4-19(15)23(17)12-16/h1-6,11-12,14,18H,7-10,13H2,(H,21,24). The summed E-state index contributed by atoms with van der Waals surface area (Å²) in [5, 5.41) is 4.47. The SMILES string of the molecule is O=C(NC1CN2CCC1CC2)c1cc2ccc3ccccc3n2c1. The zero-order chi connectivity index (χ0) is 16.1. The third-order valence-corrected chi connectivity index (χ3v) is 5.71. The number of nitrogens with zero attached hydrogens (tertiary/aromatic N) is 2. The highest BCUT2D eigenvalue weighted by Gasteiger charge is 2.35.